The summed E-state index contributed by atoms with van der Waals surface area (Å²) in [7, 11) is 0. The standard InChI is InChI=1S/C47H42N4O3S2/c1-47(2,3)34-24-25-38-39(29-48)46(56-41(38)27-34)51-45(54)42(31-15-6-4-7-16-31)55-36-22-13-21-35(28-36)49-44(53)40(50-43(52)32-17-8-5-9-18-32)26-33-20-12-19-30-14-10-11-23-37(30)33/h4-23,26,28,34,42H,24-25,27H2,1-3H3,(H,49,53)(H,50,52)(H,51,54)/b40-26+. The molecular weight excluding hydrogens is 733 g/mol. The Kier molecular flexibility index (Phi) is 11.5. The largest absolute Gasteiger partial charge is 0.321 e. The van der Waals surface area contributed by atoms with Crippen molar-refractivity contribution >= 4 is 68.4 Å². The lowest BCUT2D eigenvalue weighted by Crippen LogP contribution is -2.30. The van der Waals surface area contributed by atoms with E-state index in [4.69, 9.17) is 0 Å². The van der Waals surface area contributed by atoms with Gasteiger partial charge in [0, 0.05) is 21.0 Å². The fourth-order valence-corrected chi connectivity index (χ4v) is 9.43. The van der Waals surface area contributed by atoms with E-state index in [9.17, 15) is 19.6 Å². The first-order valence-corrected chi connectivity index (χ1v) is 20.3. The number of carbonyl (C=O) groups is 3. The monoisotopic (exact) mass is 774 g/mol. The van der Waals surface area contributed by atoms with Gasteiger partial charge >= 0.3 is 0 Å². The van der Waals surface area contributed by atoms with Gasteiger partial charge in [0.15, 0.2) is 0 Å². The number of anilines is 2. The average Bonchev–Trinajstić information content (AvgIpc) is 3.56. The number of amides is 3. The SMILES string of the molecule is CC(C)(C)C1CCc2c(sc(NC(=O)C(Sc3cccc(NC(=O)/C(=C\c4cccc5ccccc45)NC(=O)c4ccccc4)c3)c3ccccc3)c2C#N)C1. The van der Waals surface area contributed by atoms with E-state index in [1.165, 1.54) is 28.0 Å². The molecule has 7 nitrogen and oxygen atoms in total. The third-order valence-electron chi connectivity index (χ3n) is 10.2. The zero-order valence-corrected chi connectivity index (χ0v) is 33.1. The number of fused-ring (bicyclic) bond motifs is 2. The van der Waals surface area contributed by atoms with E-state index >= 15 is 0 Å². The van der Waals surface area contributed by atoms with Crippen LogP contribution in [0.3, 0.4) is 0 Å². The predicted octanol–water partition coefficient (Wildman–Crippen LogP) is 10.8. The van der Waals surface area contributed by atoms with Gasteiger partial charge in [-0.2, -0.15) is 5.26 Å². The molecule has 7 rings (SSSR count). The van der Waals surface area contributed by atoms with Crippen LogP contribution in [0.2, 0.25) is 0 Å². The van der Waals surface area contributed by atoms with Gasteiger partial charge in [-0.15, -0.1) is 23.1 Å². The molecule has 0 radical (unpaired) electrons. The van der Waals surface area contributed by atoms with E-state index in [2.05, 4.69) is 42.8 Å². The van der Waals surface area contributed by atoms with Gasteiger partial charge in [0.1, 0.15) is 22.0 Å². The Bertz CT molecular complexity index is 2470. The van der Waals surface area contributed by atoms with Crippen LogP contribution in [0, 0.1) is 22.7 Å². The molecule has 0 fully saturated rings. The van der Waals surface area contributed by atoms with Crippen molar-refractivity contribution in [3.8, 4) is 6.07 Å². The molecule has 0 bridgehead atoms. The van der Waals surface area contributed by atoms with E-state index in [1.807, 2.05) is 97.1 Å². The first-order valence-electron chi connectivity index (χ1n) is 18.6. The summed E-state index contributed by atoms with van der Waals surface area (Å²) in [5.41, 5.74) is 4.38. The van der Waals surface area contributed by atoms with Gasteiger partial charge in [-0.05, 0) is 94.5 Å². The fourth-order valence-electron chi connectivity index (χ4n) is 7.07. The van der Waals surface area contributed by atoms with Gasteiger partial charge in [0.05, 0.1) is 5.56 Å². The molecule has 1 aromatic heterocycles. The molecule has 2 unspecified atom stereocenters. The number of carbonyl (C=O) groups excluding carboxylic acids is 3. The van der Waals surface area contributed by atoms with Crippen LogP contribution in [-0.2, 0) is 22.4 Å². The number of thiophene rings is 1. The van der Waals surface area contributed by atoms with Gasteiger partial charge in [-0.1, -0.05) is 118 Å². The first-order chi connectivity index (χ1) is 27.1. The summed E-state index contributed by atoms with van der Waals surface area (Å²) in [6.45, 7) is 6.79. The molecule has 0 aliphatic heterocycles. The van der Waals surface area contributed by atoms with E-state index in [1.54, 1.807) is 36.4 Å². The second-order valence-electron chi connectivity index (χ2n) is 15.0. The predicted molar refractivity (Wildman–Crippen MR) is 229 cm³/mol. The van der Waals surface area contributed by atoms with Crippen LogP contribution < -0.4 is 16.0 Å². The number of hydrogen-bond acceptors (Lipinski definition) is 6. The number of nitriles is 1. The average molecular weight is 775 g/mol. The lowest BCUT2D eigenvalue weighted by Gasteiger charge is -2.33. The molecule has 280 valence electrons. The van der Waals surface area contributed by atoms with Crippen LogP contribution in [0.1, 0.15) is 69.9 Å². The molecule has 3 N–H and O–H groups in total. The highest BCUT2D eigenvalue weighted by Crippen LogP contribution is 2.45. The Balaban J connectivity index is 1.14. The molecule has 2 atom stereocenters. The molecule has 3 amide bonds. The van der Waals surface area contributed by atoms with Crippen molar-refractivity contribution in [1.82, 2.24) is 5.32 Å². The van der Waals surface area contributed by atoms with Crippen molar-refractivity contribution in [1.29, 1.82) is 5.26 Å². The number of rotatable bonds is 10. The molecule has 0 saturated carbocycles. The van der Waals surface area contributed by atoms with Crippen LogP contribution in [-0.4, -0.2) is 17.7 Å². The van der Waals surface area contributed by atoms with Gasteiger partial charge in [0.25, 0.3) is 11.8 Å². The third kappa shape index (κ3) is 8.78. The molecular formula is C47H42N4O3S2. The van der Waals surface area contributed by atoms with E-state index in [0.29, 0.717) is 27.7 Å². The normalized spacial score (nSPS) is 14.6. The Morgan fingerprint density at radius 2 is 1.55 bits per heavy atom. The number of benzene rings is 5. The lowest BCUT2D eigenvalue weighted by molar-refractivity contribution is -0.116. The maximum absolute atomic E-state index is 14.2. The molecule has 1 aliphatic carbocycles. The molecule has 0 saturated heterocycles. The number of thioether (sulfide) groups is 1. The van der Waals surface area contributed by atoms with E-state index < -0.39 is 17.1 Å². The maximum Gasteiger partial charge on any atom is 0.272 e. The van der Waals surface area contributed by atoms with Crippen molar-refractivity contribution in [3.05, 3.63) is 166 Å². The molecule has 56 heavy (non-hydrogen) atoms. The van der Waals surface area contributed by atoms with Crippen molar-refractivity contribution < 1.29 is 14.4 Å². The van der Waals surface area contributed by atoms with Gasteiger partial charge in [-0.3, -0.25) is 14.4 Å². The topological polar surface area (TPSA) is 111 Å². The summed E-state index contributed by atoms with van der Waals surface area (Å²) in [4.78, 5) is 43.5. The Morgan fingerprint density at radius 1 is 0.857 bits per heavy atom. The minimum Gasteiger partial charge on any atom is -0.321 e. The summed E-state index contributed by atoms with van der Waals surface area (Å²) in [6.07, 6.45) is 4.44. The summed E-state index contributed by atoms with van der Waals surface area (Å²) in [5, 5.41) is 21.1. The van der Waals surface area contributed by atoms with Gasteiger partial charge in [-0.25, -0.2) is 0 Å². The molecule has 1 heterocycles. The summed E-state index contributed by atoms with van der Waals surface area (Å²) in [6, 6.07) is 41.7. The smallest absolute Gasteiger partial charge is 0.272 e. The summed E-state index contributed by atoms with van der Waals surface area (Å²) < 4.78 is 0. The second-order valence-corrected chi connectivity index (χ2v) is 17.2. The van der Waals surface area contributed by atoms with Crippen LogP contribution in [0.5, 0.6) is 0 Å². The fraction of sp³-hybridized carbons (Fsp3) is 0.191. The number of nitrogens with zero attached hydrogens (tertiary/aromatic N) is 1. The molecule has 5 aromatic carbocycles. The quantitative estimate of drug-likeness (QED) is 0.0948. The minimum absolute atomic E-state index is 0.0792. The van der Waals surface area contributed by atoms with Crippen molar-refractivity contribution in [3.63, 3.8) is 0 Å². The van der Waals surface area contributed by atoms with Gasteiger partial charge < -0.3 is 16.0 Å². The van der Waals surface area contributed by atoms with Crippen LogP contribution in [0.4, 0.5) is 10.7 Å². The summed E-state index contributed by atoms with van der Waals surface area (Å²) in [5.74, 6) is -0.634. The first kappa shape index (κ1) is 38.3. The van der Waals surface area contributed by atoms with Crippen molar-refractivity contribution in [2.24, 2.45) is 11.3 Å². The minimum atomic E-state index is -0.651. The van der Waals surface area contributed by atoms with Crippen molar-refractivity contribution in [2.75, 3.05) is 10.6 Å². The molecule has 1 aliphatic rings. The third-order valence-corrected chi connectivity index (χ3v) is 12.6. The number of nitrogens with one attached hydrogen (secondary N) is 3. The Hall–Kier alpha value is -5.95. The highest BCUT2D eigenvalue weighted by molar-refractivity contribution is 8.00. The zero-order valence-electron chi connectivity index (χ0n) is 31.5. The molecule has 9 heteroatoms. The number of hydrogen-bond donors (Lipinski definition) is 3. The van der Waals surface area contributed by atoms with E-state index in [-0.39, 0.29) is 17.0 Å². The van der Waals surface area contributed by atoms with Crippen LogP contribution in [0.25, 0.3) is 16.8 Å². The zero-order chi connectivity index (χ0) is 39.2. The van der Waals surface area contributed by atoms with Crippen LogP contribution >= 0.6 is 23.1 Å². The molecule has 6 aromatic rings. The molecule has 0 spiro atoms. The van der Waals surface area contributed by atoms with Crippen LogP contribution in [0.15, 0.2) is 138 Å². The Labute approximate surface area is 335 Å². The van der Waals surface area contributed by atoms with Crippen molar-refractivity contribution in [2.45, 2.75) is 50.2 Å². The highest BCUT2D eigenvalue weighted by atomic mass is 32.2. The summed E-state index contributed by atoms with van der Waals surface area (Å²) >= 11 is 2.88. The highest BCUT2D eigenvalue weighted by Gasteiger charge is 2.33. The lowest BCUT2D eigenvalue weighted by atomic mass is 9.72. The van der Waals surface area contributed by atoms with Gasteiger partial charge in [0.2, 0.25) is 5.91 Å². The Morgan fingerprint density at radius 3 is 2.30 bits per heavy atom. The van der Waals surface area contributed by atoms with E-state index in [0.717, 1.165) is 51.6 Å². The maximum atomic E-state index is 14.2. The second kappa shape index (κ2) is 16.8.